The van der Waals surface area contributed by atoms with Gasteiger partial charge in [0.15, 0.2) is 5.96 Å². The predicted octanol–water partition coefficient (Wildman–Crippen LogP) is 2.59. The predicted molar refractivity (Wildman–Crippen MR) is 110 cm³/mol. The number of halogens is 1. The molecule has 0 aliphatic carbocycles. The summed E-state index contributed by atoms with van der Waals surface area (Å²) in [7, 11) is 0. The maximum Gasteiger partial charge on any atom is 0.246 e. The van der Waals surface area contributed by atoms with E-state index in [2.05, 4.69) is 10.2 Å². The number of benzene rings is 1. The molecule has 0 aromatic heterocycles. The number of carbonyl (C=O) groups excluding carboxylic acids is 1. The summed E-state index contributed by atoms with van der Waals surface area (Å²) in [4.78, 5) is 18.3. The van der Waals surface area contributed by atoms with Gasteiger partial charge in [-0.05, 0) is 44.2 Å². The molecule has 1 amide bonds. The molecule has 0 bridgehead atoms. The molecule has 7 heteroatoms. The molecule has 25 heavy (non-hydrogen) atoms. The highest BCUT2D eigenvalue weighted by Crippen LogP contribution is 2.20. The van der Waals surface area contributed by atoms with Gasteiger partial charge in [0.25, 0.3) is 0 Å². The molecule has 1 aromatic carbocycles. The van der Waals surface area contributed by atoms with Crippen LogP contribution in [0.1, 0.15) is 32.1 Å². The fraction of sp³-hybridized carbons (Fsp3) is 0.556. The smallest absolute Gasteiger partial charge is 0.246 e. The van der Waals surface area contributed by atoms with E-state index < -0.39 is 6.10 Å². The highest BCUT2D eigenvalue weighted by molar-refractivity contribution is 14.0. The van der Waals surface area contributed by atoms with Gasteiger partial charge >= 0.3 is 0 Å². The Balaban J connectivity index is 0.00000225. The monoisotopic (exact) mass is 458 g/mol. The highest BCUT2D eigenvalue weighted by Gasteiger charge is 2.29. The number of carbonyl (C=O) groups is 1. The summed E-state index contributed by atoms with van der Waals surface area (Å²) in [5.41, 5.74) is 6.35. The van der Waals surface area contributed by atoms with E-state index >= 15 is 0 Å². The van der Waals surface area contributed by atoms with Crippen molar-refractivity contribution in [2.24, 2.45) is 10.7 Å². The number of para-hydroxylation sites is 1. The second kappa shape index (κ2) is 9.96. The van der Waals surface area contributed by atoms with Crippen molar-refractivity contribution in [3.63, 3.8) is 0 Å². The third kappa shape index (κ3) is 5.85. The summed E-state index contributed by atoms with van der Waals surface area (Å²) in [6.07, 6.45) is 4.71. The summed E-state index contributed by atoms with van der Waals surface area (Å²) < 4.78 is 5.68. The third-order valence-electron chi connectivity index (χ3n) is 4.56. The van der Waals surface area contributed by atoms with Gasteiger partial charge in [-0.15, -0.1) is 24.0 Å². The number of primary amides is 1. The molecule has 0 spiro atoms. The lowest BCUT2D eigenvalue weighted by Gasteiger charge is -2.30. The molecular formula is C18H27IN4O2. The van der Waals surface area contributed by atoms with Gasteiger partial charge < -0.3 is 20.7 Å². The minimum Gasteiger partial charge on any atom is -0.367 e. The number of nitrogens with two attached hydrogens (primary N) is 1. The van der Waals surface area contributed by atoms with Crippen LogP contribution in [0.15, 0.2) is 35.3 Å². The minimum absolute atomic E-state index is 0. The van der Waals surface area contributed by atoms with Crippen LogP contribution in [-0.2, 0) is 9.53 Å². The summed E-state index contributed by atoms with van der Waals surface area (Å²) in [5.74, 6) is 0.521. The number of guanidine groups is 1. The summed E-state index contributed by atoms with van der Waals surface area (Å²) in [6.45, 7) is 2.59. The molecule has 138 valence electrons. The molecule has 2 aliphatic heterocycles. The van der Waals surface area contributed by atoms with Crippen LogP contribution in [0.5, 0.6) is 0 Å². The molecule has 3 N–H and O–H groups in total. The zero-order valence-electron chi connectivity index (χ0n) is 14.4. The first kappa shape index (κ1) is 20.0. The number of hydrogen-bond donors (Lipinski definition) is 2. The highest BCUT2D eigenvalue weighted by atomic mass is 127. The Labute approximate surface area is 166 Å². The number of ether oxygens (including phenoxy) is 1. The number of nitrogens with zero attached hydrogens (tertiary/aromatic N) is 2. The first-order valence-electron chi connectivity index (χ1n) is 8.78. The quantitative estimate of drug-likeness (QED) is 0.413. The zero-order chi connectivity index (χ0) is 16.8. The van der Waals surface area contributed by atoms with Gasteiger partial charge in [-0.3, -0.25) is 9.79 Å². The Kier molecular flexibility index (Phi) is 7.95. The van der Waals surface area contributed by atoms with Crippen LogP contribution < -0.4 is 11.1 Å². The largest absolute Gasteiger partial charge is 0.367 e. The van der Waals surface area contributed by atoms with Crippen molar-refractivity contribution < 1.29 is 9.53 Å². The van der Waals surface area contributed by atoms with Crippen molar-refractivity contribution >= 4 is 41.5 Å². The topological polar surface area (TPSA) is 80.0 Å². The Morgan fingerprint density at radius 2 is 1.92 bits per heavy atom. The second-order valence-electron chi connectivity index (χ2n) is 6.43. The molecule has 0 radical (unpaired) electrons. The number of rotatable bonds is 4. The number of piperidine rings is 1. The summed E-state index contributed by atoms with van der Waals surface area (Å²) >= 11 is 0. The van der Waals surface area contributed by atoms with Crippen molar-refractivity contribution in [3.8, 4) is 0 Å². The van der Waals surface area contributed by atoms with E-state index in [9.17, 15) is 4.79 Å². The zero-order valence-corrected chi connectivity index (χ0v) is 16.7. The van der Waals surface area contributed by atoms with E-state index in [0.717, 1.165) is 31.2 Å². The normalized spacial score (nSPS) is 23.8. The second-order valence-corrected chi connectivity index (χ2v) is 6.43. The number of hydrogen-bond acceptors (Lipinski definition) is 3. The molecular weight excluding hydrogens is 431 g/mol. The Morgan fingerprint density at radius 3 is 2.56 bits per heavy atom. The molecule has 1 aromatic rings. The van der Waals surface area contributed by atoms with Crippen LogP contribution >= 0.6 is 24.0 Å². The van der Waals surface area contributed by atoms with E-state index in [0.29, 0.717) is 13.0 Å². The molecule has 2 heterocycles. The minimum atomic E-state index is -0.453. The number of likely N-dealkylation sites (tertiary alicyclic amines) is 1. The number of nitrogens with one attached hydrogen (secondary N) is 1. The molecule has 2 atom stereocenters. The Hall–Kier alpha value is -1.35. The number of aliphatic imine (C=N–C) groups is 1. The van der Waals surface area contributed by atoms with Gasteiger partial charge in [0, 0.05) is 18.8 Å². The average molecular weight is 458 g/mol. The van der Waals surface area contributed by atoms with Gasteiger partial charge in [0.05, 0.1) is 12.6 Å². The lowest BCUT2D eigenvalue weighted by molar-refractivity contribution is -0.128. The standard InChI is InChI=1S/C18H26N4O2.HI/c19-17(23)16-10-9-15(24-16)13-20-18(22-11-5-2-6-12-22)21-14-7-3-1-4-8-14;/h1,3-4,7-8,15-16H,2,5-6,9-13H2,(H2,19,23)(H,20,21);1H. The molecule has 3 rings (SSSR count). The average Bonchev–Trinajstić information content (AvgIpc) is 3.09. The van der Waals surface area contributed by atoms with Crippen molar-refractivity contribution in [2.75, 3.05) is 25.0 Å². The first-order chi connectivity index (χ1) is 11.7. The van der Waals surface area contributed by atoms with Gasteiger partial charge in [-0.1, -0.05) is 18.2 Å². The van der Waals surface area contributed by atoms with Crippen molar-refractivity contribution in [3.05, 3.63) is 30.3 Å². The van der Waals surface area contributed by atoms with E-state index in [-0.39, 0.29) is 36.0 Å². The van der Waals surface area contributed by atoms with Crippen LogP contribution in [0.3, 0.4) is 0 Å². The lowest BCUT2D eigenvalue weighted by Crippen LogP contribution is -2.40. The summed E-state index contributed by atoms with van der Waals surface area (Å²) in [5, 5.41) is 3.44. The van der Waals surface area contributed by atoms with Crippen LogP contribution in [0.4, 0.5) is 5.69 Å². The molecule has 0 saturated carbocycles. The van der Waals surface area contributed by atoms with Gasteiger partial charge in [-0.2, -0.15) is 0 Å². The van der Waals surface area contributed by atoms with E-state index in [1.54, 1.807) is 0 Å². The van der Waals surface area contributed by atoms with Crippen LogP contribution in [0.25, 0.3) is 0 Å². The van der Waals surface area contributed by atoms with Gasteiger partial charge in [0.2, 0.25) is 5.91 Å². The Morgan fingerprint density at radius 1 is 1.20 bits per heavy atom. The fourth-order valence-corrected chi connectivity index (χ4v) is 3.21. The molecule has 2 aliphatic rings. The number of amides is 1. The molecule has 2 unspecified atom stereocenters. The lowest BCUT2D eigenvalue weighted by atomic mass is 10.1. The fourth-order valence-electron chi connectivity index (χ4n) is 3.21. The van der Waals surface area contributed by atoms with Crippen molar-refractivity contribution in [2.45, 2.75) is 44.3 Å². The molecule has 2 fully saturated rings. The van der Waals surface area contributed by atoms with Crippen molar-refractivity contribution in [1.29, 1.82) is 0 Å². The SMILES string of the molecule is I.NC(=O)C1CCC(CN=C(Nc2ccccc2)N2CCCCC2)O1. The maximum atomic E-state index is 11.2. The van der Waals surface area contributed by atoms with E-state index in [1.165, 1.54) is 19.3 Å². The van der Waals surface area contributed by atoms with Crippen LogP contribution in [-0.4, -0.2) is 48.6 Å². The Bertz CT molecular complexity index is 576. The first-order valence-corrected chi connectivity index (χ1v) is 8.78. The van der Waals surface area contributed by atoms with Gasteiger partial charge in [0.1, 0.15) is 6.10 Å². The van der Waals surface area contributed by atoms with Crippen LogP contribution in [0.2, 0.25) is 0 Å². The molecule has 2 saturated heterocycles. The van der Waals surface area contributed by atoms with Gasteiger partial charge in [-0.25, -0.2) is 0 Å². The van der Waals surface area contributed by atoms with Crippen LogP contribution in [0, 0.1) is 0 Å². The maximum absolute atomic E-state index is 11.2. The number of anilines is 1. The molecule has 6 nitrogen and oxygen atoms in total. The third-order valence-corrected chi connectivity index (χ3v) is 4.56. The van der Waals surface area contributed by atoms with E-state index in [1.807, 2.05) is 30.3 Å². The summed E-state index contributed by atoms with van der Waals surface area (Å²) in [6, 6.07) is 10.1. The van der Waals surface area contributed by atoms with E-state index in [4.69, 9.17) is 15.5 Å². The van der Waals surface area contributed by atoms with Crippen molar-refractivity contribution in [1.82, 2.24) is 4.90 Å².